The van der Waals surface area contributed by atoms with Gasteiger partial charge in [0.1, 0.15) is 11.5 Å². The fourth-order valence-electron chi connectivity index (χ4n) is 1.86. The van der Waals surface area contributed by atoms with Gasteiger partial charge in [0, 0.05) is 10.6 Å². The van der Waals surface area contributed by atoms with Crippen molar-refractivity contribution in [3.8, 4) is 11.8 Å². The Kier molecular flexibility index (Phi) is 4.89. The molecule has 0 radical (unpaired) electrons. The van der Waals surface area contributed by atoms with Crippen LogP contribution in [0.2, 0.25) is 5.02 Å². The first kappa shape index (κ1) is 15.4. The lowest BCUT2D eigenvalue weighted by atomic mass is 10.0. The second kappa shape index (κ2) is 6.66. The minimum absolute atomic E-state index is 0.187. The minimum Gasteiger partial charge on any atom is -0.480 e. The van der Waals surface area contributed by atoms with Gasteiger partial charge in [0.15, 0.2) is 0 Å². The molecule has 1 unspecified atom stereocenters. The van der Waals surface area contributed by atoms with E-state index < -0.39 is 11.9 Å². The summed E-state index contributed by atoms with van der Waals surface area (Å²) in [5.74, 6) is 5.49. The van der Waals surface area contributed by atoms with Gasteiger partial charge in [-0.3, -0.25) is 5.84 Å². The van der Waals surface area contributed by atoms with E-state index in [0.29, 0.717) is 10.7 Å². The van der Waals surface area contributed by atoms with E-state index in [4.69, 9.17) is 26.9 Å². The Bertz CT molecular complexity index is 642. The summed E-state index contributed by atoms with van der Waals surface area (Å²) in [4.78, 5) is 8.28. The Morgan fingerprint density at radius 1 is 1.33 bits per heavy atom. The summed E-state index contributed by atoms with van der Waals surface area (Å²) in [7, 11) is 2.89. The topological polar surface area (TPSA) is 82.3 Å². The van der Waals surface area contributed by atoms with Crippen molar-refractivity contribution >= 4 is 11.6 Å². The van der Waals surface area contributed by atoms with Crippen LogP contribution in [0.15, 0.2) is 24.4 Å². The third kappa shape index (κ3) is 3.21. The third-order valence-corrected chi connectivity index (χ3v) is 3.10. The van der Waals surface area contributed by atoms with Crippen LogP contribution in [0.3, 0.4) is 0 Å². The van der Waals surface area contributed by atoms with Crippen molar-refractivity contribution in [2.24, 2.45) is 5.84 Å². The second-order valence-corrected chi connectivity index (χ2v) is 4.51. The molecule has 21 heavy (non-hydrogen) atoms. The molecule has 0 amide bonds. The molecule has 2 aromatic rings. The zero-order valence-electron chi connectivity index (χ0n) is 11.4. The van der Waals surface area contributed by atoms with Gasteiger partial charge in [-0.15, -0.1) is 0 Å². The number of methoxy groups -OCH3 is 2. The third-order valence-electron chi connectivity index (χ3n) is 2.86. The number of ether oxygens (including phenoxy) is 2. The Morgan fingerprint density at radius 2 is 2.10 bits per heavy atom. The van der Waals surface area contributed by atoms with E-state index >= 15 is 0 Å². The molecule has 1 aromatic carbocycles. The number of benzene rings is 1. The summed E-state index contributed by atoms with van der Waals surface area (Å²) in [6.07, 6.45) is 1.40. The lowest BCUT2D eigenvalue weighted by Crippen LogP contribution is -2.30. The van der Waals surface area contributed by atoms with Crippen LogP contribution >= 0.6 is 11.6 Å². The van der Waals surface area contributed by atoms with Crippen LogP contribution in [0.4, 0.5) is 4.39 Å². The van der Waals surface area contributed by atoms with Gasteiger partial charge in [0.05, 0.1) is 26.5 Å². The van der Waals surface area contributed by atoms with Crippen molar-refractivity contribution in [3.63, 3.8) is 0 Å². The van der Waals surface area contributed by atoms with Crippen molar-refractivity contribution in [1.29, 1.82) is 0 Å². The van der Waals surface area contributed by atoms with Crippen LogP contribution in [0.1, 0.15) is 17.3 Å². The molecule has 0 bridgehead atoms. The van der Waals surface area contributed by atoms with Gasteiger partial charge < -0.3 is 9.47 Å². The molecule has 8 heteroatoms. The van der Waals surface area contributed by atoms with E-state index in [9.17, 15) is 4.39 Å². The highest BCUT2D eigenvalue weighted by Crippen LogP contribution is 2.30. The Balaban J connectivity index is 2.50. The quantitative estimate of drug-likeness (QED) is 0.647. The molecule has 0 saturated carbocycles. The monoisotopic (exact) mass is 312 g/mol. The Labute approximate surface area is 126 Å². The summed E-state index contributed by atoms with van der Waals surface area (Å²) < 4.78 is 24.2. The summed E-state index contributed by atoms with van der Waals surface area (Å²) in [6, 6.07) is 3.54. The maximum absolute atomic E-state index is 14.1. The highest BCUT2D eigenvalue weighted by atomic mass is 35.5. The number of rotatable bonds is 5. The maximum atomic E-state index is 14.1. The standard InChI is InChI=1S/C13H14ClFN4O2/c1-20-10-6-17-12(13(18-10)21-2)11(19-16)8-4-3-7(14)5-9(8)15/h3-6,11,19H,16H2,1-2H3. The highest BCUT2D eigenvalue weighted by Gasteiger charge is 2.23. The average Bonchev–Trinajstić information content (AvgIpc) is 2.50. The zero-order chi connectivity index (χ0) is 15.4. The molecule has 0 spiro atoms. The fraction of sp³-hybridized carbons (Fsp3) is 0.231. The number of hydrazine groups is 1. The summed E-state index contributed by atoms with van der Waals surface area (Å²) in [5.41, 5.74) is 3.11. The molecule has 0 aliphatic carbocycles. The largest absolute Gasteiger partial charge is 0.480 e. The SMILES string of the molecule is COc1cnc(C(NN)c2ccc(Cl)cc2F)c(OC)n1. The summed E-state index contributed by atoms with van der Waals surface area (Å²) >= 11 is 5.75. The molecule has 6 nitrogen and oxygen atoms in total. The Morgan fingerprint density at radius 3 is 2.67 bits per heavy atom. The van der Waals surface area contributed by atoms with Gasteiger partial charge >= 0.3 is 0 Å². The molecule has 0 saturated heterocycles. The molecule has 0 aliphatic rings. The number of nitrogens with zero attached hydrogens (tertiary/aromatic N) is 2. The first-order valence-corrected chi connectivity index (χ1v) is 6.34. The smallest absolute Gasteiger partial charge is 0.240 e. The first-order chi connectivity index (χ1) is 10.1. The van der Waals surface area contributed by atoms with Gasteiger partial charge in [0.25, 0.3) is 0 Å². The van der Waals surface area contributed by atoms with E-state index in [1.165, 1.54) is 32.5 Å². The van der Waals surface area contributed by atoms with Crippen LogP contribution in [0.5, 0.6) is 11.8 Å². The van der Waals surface area contributed by atoms with Crippen LogP contribution in [-0.4, -0.2) is 24.2 Å². The molecule has 0 fully saturated rings. The Hall–Kier alpha value is -1.96. The molecule has 1 atom stereocenters. The van der Waals surface area contributed by atoms with E-state index in [1.807, 2.05) is 0 Å². The summed E-state index contributed by atoms with van der Waals surface area (Å²) in [5, 5.41) is 0.291. The van der Waals surface area contributed by atoms with Crippen LogP contribution in [-0.2, 0) is 0 Å². The predicted octanol–water partition coefficient (Wildman–Crippen LogP) is 1.84. The van der Waals surface area contributed by atoms with E-state index in [0.717, 1.165) is 0 Å². The molecular formula is C13H14ClFN4O2. The lowest BCUT2D eigenvalue weighted by Gasteiger charge is -2.18. The van der Waals surface area contributed by atoms with E-state index in [1.54, 1.807) is 6.07 Å². The van der Waals surface area contributed by atoms with Crippen molar-refractivity contribution in [3.05, 3.63) is 46.5 Å². The van der Waals surface area contributed by atoms with Gasteiger partial charge in [-0.05, 0) is 12.1 Å². The van der Waals surface area contributed by atoms with Crippen molar-refractivity contribution in [1.82, 2.24) is 15.4 Å². The number of hydrogen-bond acceptors (Lipinski definition) is 6. The molecule has 1 heterocycles. The number of nitrogens with two attached hydrogens (primary N) is 1. The number of nitrogens with one attached hydrogen (secondary N) is 1. The van der Waals surface area contributed by atoms with Crippen LogP contribution < -0.4 is 20.7 Å². The van der Waals surface area contributed by atoms with Crippen LogP contribution in [0.25, 0.3) is 0 Å². The molecule has 3 N–H and O–H groups in total. The van der Waals surface area contributed by atoms with Crippen molar-refractivity contribution in [2.75, 3.05) is 14.2 Å². The van der Waals surface area contributed by atoms with Gasteiger partial charge in [0.2, 0.25) is 11.8 Å². The molecule has 112 valence electrons. The van der Waals surface area contributed by atoms with Crippen molar-refractivity contribution in [2.45, 2.75) is 6.04 Å². The van der Waals surface area contributed by atoms with Gasteiger partial charge in [-0.1, -0.05) is 17.7 Å². The van der Waals surface area contributed by atoms with E-state index in [2.05, 4.69) is 15.4 Å². The van der Waals surface area contributed by atoms with Gasteiger partial charge in [-0.25, -0.2) is 14.8 Å². The molecule has 0 aliphatic heterocycles. The lowest BCUT2D eigenvalue weighted by molar-refractivity contribution is 0.352. The van der Waals surface area contributed by atoms with Crippen molar-refractivity contribution < 1.29 is 13.9 Å². The summed E-state index contributed by atoms with van der Waals surface area (Å²) in [6.45, 7) is 0. The number of hydrogen-bond donors (Lipinski definition) is 2. The second-order valence-electron chi connectivity index (χ2n) is 4.07. The molecule has 1 aromatic heterocycles. The minimum atomic E-state index is -0.740. The molecule has 2 rings (SSSR count). The first-order valence-electron chi connectivity index (χ1n) is 5.96. The normalized spacial score (nSPS) is 12.0. The van der Waals surface area contributed by atoms with Crippen LogP contribution in [0, 0.1) is 5.82 Å². The zero-order valence-corrected chi connectivity index (χ0v) is 12.2. The molecular weight excluding hydrogens is 299 g/mol. The number of halogens is 2. The maximum Gasteiger partial charge on any atom is 0.240 e. The average molecular weight is 313 g/mol. The van der Waals surface area contributed by atoms with Gasteiger partial charge in [-0.2, -0.15) is 4.98 Å². The highest BCUT2D eigenvalue weighted by molar-refractivity contribution is 6.30. The predicted molar refractivity (Wildman–Crippen MR) is 75.7 cm³/mol. The number of aromatic nitrogens is 2. The fourth-order valence-corrected chi connectivity index (χ4v) is 2.02. The van der Waals surface area contributed by atoms with E-state index in [-0.39, 0.29) is 17.3 Å².